The Morgan fingerprint density at radius 3 is 1.96 bits per heavy atom. The van der Waals surface area contributed by atoms with Gasteiger partial charge in [-0.1, -0.05) is 74.0 Å². The summed E-state index contributed by atoms with van der Waals surface area (Å²) in [5, 5.41) is 8.20. The van der Waals surface area contributed by atoms with Gasteiger partial charge in [0.25, 0.3) is 0 Å². The van der Waals surface area contributed by atoms with E-state index in [0.29, 0.717) is 5.56 Å². The molecule has 0 fully saturated rings. The van der Waals surface area contributed by atoms with Crippen molar-refractivity contribution < 1.29 is 4.39 Å². The van der Waals surface area contributed by atoms with Crippen LogP contribution < -0.4 is 0 Å². The molecule has 3 aromatic carbocycles. The molecule has 0 amide bonds. The highest BCUT2D eigenvalue weighted by molar-refractivity contribution is 5.83. The smallest absolute Gasteiger partial charge is 0.131 e. The minimum absolute atomic E-state index is 0.203. The number of aryl methyl sites for hydroxylation is 2. The molecule has 0 saturated carbocycles. The second-order valence-corrected chi connectivity index (χ2v) is 6.59. The van der Waals surface area contributed by atoms with Crippen molar-refractivity contribution in [2.75, 3.05) is 0 Å². The van der Waals surface area contributed by atoms with Gasteiger partial charge in [0, 0.05) is 5.56 Å². The fourth-order valence-electron chi connectivity index (χ4n) is 2.86. The van der Waals surface area contributed by atoms with Crippen LogP contribution in [-0.2, 0) is 6.42 Å². The first-order valence-corrected chi connectivity index (χ1v) is 9.17. The van der Waals surface area contributed by atoms with Crippen molar-refractivity contribution in [3.8, 4) is 11.1 Å². The van der Waals surface area contributed by atoms with Crippen molar-refractivity contribution >= 4 is 12.4 Å². The van der Waals surface area contributed by atoms with Crippen molar-refractivity contribution in [1.82, 2.24) is 0 Å². The first-order valence-electron chi connectivity index (χ1n) is 9.17. The van der Waals surface area contributed by atoms with Gasteiger partial charge >= 0.3 is 0 Å². The molecule has 0 saturated heterocycles. The summed E-state index contributed by atoms with van der Waals surface area (Å²) < 4.78 is 14.1. The Kier molecular flexibility index (Phi) is 6.26. The zero-order valence-electron chi connectivity index (χ0n) is 15.7. The molecule has 0 radical (unpaired) electrons. The van der Waals surface area contributed by atoms with Gasteiger partial charge in [0.2, 0.25) is 0 Å². The first-order chi connectivity index (χ1) is 13.2. The van der Waals surface area contributed by atoms with Gasteiger partial charge in [0.15, 0.2) is 0 Å². The maximum atomic E-state index is 14.1. The van der Waals surface area contributed by atoms with Gasteiger partial charge in [-0.05, 0) is 47.2 Å². The Morgan fingerprint density at radius 2 is 1.41 bits per heavy atom. The Morgan fingerprint density at radius 1 is 0.815 bits per heavy atom. The molecule has 0 aliphatic rings. The second kappa shape index (κ2) is 9.04. The molecule has 2 nitrogen and oxygen atoms in total. The molecular formula is C24H23FN2. The van der Waals surface area contributed by atoms with Gasteiger partial charge in [-0.2, -0.15) is 10.2 Å². The molecule has 0 aromatic heterocycles. The highest BCUT2D eigenvalue weighted by atomic mass is 19.1. The Bertz CT molecular complexity index is 939. The van der Waals surface area contributed by atoms with Crippen LogP contribution in [0.2, 0.25) is 0 Å². The molecule has 0 N–H and O–H groups in total. The SMILES string of the molecule is CCCc1ccc(C=NN=Cc2ccc(-c3ccc(C)cc3F)cc2)cc1. The quantitative estimate of drug-likeness (QED) is 0.370. The number of benzene rings is 3. The lowest BCUT2D eigenvalue weighted by Gasteiger charge is -2.04. The average molecular weight is 358 g/mol. The van der Waals surface area contributed by atoms with Crippen LogP contribution in [0.4, 0.5) is 4.39 Å². The summed E-state index contributed by atoms with van der Waals surface area (Å²) in [6.45, 7) is 4.06. The van der Waals surface area contributed by atoms with E-state index in [1.807, 2.05) is 43.3 Å². The molecule has 0 aliphatic carbocycles. The van der Waals surface area contributed by atoms with Gasteiger partial charge < -0.3 is 0 Å². The fourth-order valence-corrected chi connectivity index (χ4v) is 2.86. The van der Waals surface area contributed by atoms with Gasteiger partial charge in [0.05, 0.1) is 12.4 Å². The minimum Gasteiger partial charge on any atom is -0.206 e. The number of nitrogens with zero attached hydrogens (tertiary/aromatic N) is 2. The standard InChI is InChI=1S/C24H23FN2/c1-3-4-19-6-8-20(9-7-19)16-26-27-17-21-10-12-22(13-11-21)23-14-5-18(2)15-24(23)25/h5-17H,3-4H2,1-2H3. The van der Waals surface area contributed by atoms with Crippen LogP contribution in [0.1, 0.15) is 35.6 Å². The van der Waals surface area contributed by atoms with E-state index in [2.05, 4.69) is 41.4 Å². The van der Waals surface area contributed by atoms with Crippen LogP contribution in [0.5, 0.6) is 0 Å². The van der Waals surface area contributed by atoms with E-state index in [-0.39, 0.29) is 5.82 Å². The zero-order chi connectivity index (χ0) is 19.1. The lowest BCUT2D eigenvalue weighted by Crippen LogP contribution is -1.87. The van der Waals surface area contributed by atoms with Gasteiger partial charge in [-0.3, -0.25) is 0 Å². The lowest BCUT2D eigenvalue weighted by atomic mass is 10.0. The van der Waals surface area contributed by atoms with Gasteiger partial charge in [-0.25, -0.2) is 4.39 Å². The molecule has 0 heterocycles. The summed E-state index contributed by atoms with van der Waals surface area (Å²) in [6, 6.07) is 21.2. The summed E-state index contributed by atoms with van der Waals surface area (Å²) in [6.07, 6.45) is 5.67. The van der Waals surface area contributed by atoms with Crippen molar-refractivity contribution in [3.05, 3.63) is 94.8 Å². The molecule has 0 spiro atoms. The van der Waals surface area contributed by atoms with Gasteiger partial charge in [-0.15, -0.1) is 0 Å². The monoisotopic (exact) mass is 358 g/mol. The van der Waals surface area contributed by atoms with E-state index in [9.17, 15) is 4.39 Å². The molecule has 136 valence electrons. The van der Waals surface area contributed by atoms with Crippen molar-refractivity contribution in [2.24, 2.45) is 10.2 Å². The molecule has 27 heavy (non-hydrogen) atoms. The van der Waals surface area contributed by atoms with Crippen LogP contribution >= 0.6 is 0 Å². The third-order valence-electron chi connectivity index (χ3n) is 4.34. The molecule has 0 atom stereocenters. The molecule has 3 aromatic rings. The van der Waals surface area contributed by atoms with Crippen LogP contribution in [0, 0.1) is 12.7 Å². The Hall–Kier alpha value is -3.07. The third kappa shape index (κ3) is 5.20. The summed E-state index contributed by atoms with van der Waals surface area (Å²) in [7, 11) is 0. The van der Waals surface area contributed by atoms with E-state index in [0.717, 1.165) is 35.1 Å². The molecule has 0 aliphatic heterocycles. The van der Waals surface area contributed by atoms with Crippen LogP contribution in [0.3, 0.4) is 0 Å². The molecule has 0 bridgehead atoms. The highest BCUT2D eigenvalue weighted by Crippen LogP contribution is 2.23. The molecular weight excluding hydrogens is 335 g/mol. The average Bonchev–Trinajstić information content (AvgIpc) is 2.67. The number of hydrogen-bond donors (Lipinski definition) is 0. The summed E-state index contributed by atoms with van der Waals surface area (Å²) >= 11 is 0. The van der Waals surface area contributed by atoms with Crippen LogP contribution in [0.25, 0.3) is 11.1 Å². The predicted octanol–water partition coefficient (Wildman–Crippen LogP) is 6.21. The second-order valence-electron chi connectivity index (χ2n) is 6.59. The first kappa shape index (κ1) is 18.7. The van der Waals surface area contributed by atoms with Crippen LogP contribution in [-0.4, -0.2) is 12.4 Å². The van der Waals surface area contributed by atoms with Crippen molar-refractivity contribution in [1.29, 1.82) is 0 Å². The third-order valence-corrected chi connectivity index (χ3v) is 4.34. The molecule has 3 heteroatoms. The van der Waals surface area contributed by atoms with Crippen LogP contribution in [0.15, 0.2) is 76.9 Å². The number of halogens is 1. The normalized spacial score (nSPS) is 11.5. The van der Waals surface area contributed by atoms with E-state index in [4.69, 9.17) is 0 Å². The highest BCUT2D eigenvalue weighted by Gasteiger charge is 2.04. The Labute approximate surface area is 160 Å². The number of hydrogen-bond acceptors (Lipinski definition) is 2. The van der Waals surface area contributed by atoms with E-state index >= 15 is 0 Å². The predicted molar refractivity (Wildman–Crippen MR) is 112 cm³/mol. The maximum Gasteiger partial charge on any atom is 0.131 e. The van der Waals surface area contributed by atoms with E-state index in [1.165, 1.54) is 5.56 Å². The minimum atomic E-state index is -0.203. The summed E-state index contributed by atoms with van der Waals surface area (Å²) in [5.41, 5.74) is 5.65. The summed E-state index contributed by atoms with van der Waals surface area (Å²) in [5.74, 6) is -0.203. The van der Waals surface area contributed by atoms with E-state index < -0.39 is 0 Å². The fraction of sp³-hybridized carbons (Fsp3) is 0.167. The number of rotatable bonds is 6. The molecule has 0 unspecified atom stereocenters. The van der Waals surface area contributed by atoms with E-state index in [1.54, 1.807) is 18.5 Å². The zero-order valence-corrected chi connectivity index (χ0v) is 15.7. The van der Waals surface area contributed by atoms with Gasteiger partial charge in [0.1, 0.15) is 5.82 Å². The van der Waals surface area contributed by atoms with Crippen molar-refractivity contribution in [3.63, 3.8) is 0 Å². The Balaban J connectivity index is 1.63. The molecule has 3 rings (SSSR count). The largest absolute Gasteiger partial charge is 0.206 e. The summed E-state index contributed by atoms with van der Waals surface area (Å²) in [4.78, 5) is 0. The topological polar surface area (TPSA) is 24.7 Å². The lowest BCUT2D eigenvalue weighted by molar-refractivity contribution is 0.630. The van der Waals surface area contributed by atoms with Crippen molar-refractivity contribution in [2.45, 2.75) is 26.7 Å². The maximum absolute atomic E-state index is 14.1.